The van der Waals surface area contributed by atoms with Gasteiger partial charge in [0.25, 0.3) is 0 Å². The number of Topliss-reactive ketones (excluding diaryl/α,β-unsaturated/α-hetero) is 1. The Kier molecular flexibility index (Phi) is 6.09. The number of ether oxygens (including phenoxy) is 2. The van der Waals surface area contributed by atoms with Crippen LogP contribution in [0.3, 0.4) is 0 Å². The first-order chi connectivity index (χ1) is 15.8. The van der Waals surface area contributed by atoms with E-state index in [0.29, 0.717) is 23.6 Å². The number of nitrogens with zero attached hydrogens (tertiary/aromatic N) is 2. The minimum atomic E-state index is -0.818. The Morgan fingerprint density at radius 1 is 1.21 bits per heavy atom. The van der Waals surface area contributed by atoms with E-state index in [1.54, 1.807) is 13.0 Å². The van der Waals surface area contributed by atoms with Crippen molar-refractivity contribution >= 4 is 16.8 Å². The topological polar surface area (TPSA) is 53.3 Å². The van der Waals surface area contributed by atoms with E-state index in [0.717, 1.165) is 57.4 Å². The molecule has 0 unspecified atom stereocenters. The Bertz CT molecular complexity index is 1310. The van der Waals surface area contributed by atoms with Gasteiger partial charge in [-0.1, -0.05) is 0 Å². The number of aromatic nitrogens is 2. The molecule has 1 aromatic carbocycles. The lowest BCUT2D eigenvalue weighted by atomic mass is 9.85. The molecule has 0 radical (unpaired) electrons. The Morgan fingerprint density at radius 3 is 2.50 bits per heavy atom. The zero-order valence-corrected chi connectivity index (χ0v) is 21.8. The van der Waals surface area contributed by atoms with Crippen molar-refractivity contribution in [3.8, 4) is 16.9 Å². The predicted octanol–water partition coefficient (Wildman–Crippen LogP) is 6.38. The van der Waals surface area contributed by atoms with Gasteiger partial charge in [0, 0.05) is 40.5 Å². The van der Waals surface area contributed by atoms with Gasteiger partial charge in [-0.05, 0) is 91.0 Å². The average Bonchev–Trinajstić information content (AvgIpc) is 2.97. The van der Waals surface area contributed by atoms with Crippen LogP contribution in [0.5, 0.6) is 5.75 Å². The molecule has 1 atom stereocenters. The molecule has 1 aliphatic heterocycles. The molecule has 0 spiro atoms. The summed E-state index contributed by atoms with van der Waals surface area (Å²) >= 11 is 0. The van der Waals surface area contributed by atoms with E-state index < -0.39 is 11.7 Å². The fourth-order valence-electron chi connectivity index (χ4n) is 5.11. The number of carbonyl (C=O) groups is 1. The van der Waals surface area contributed by atoms with Crippen LogP contribution in [-0.2, 0) is 23.0 Å². The van der Waals surface area contributed by atoms with Crippen molar-refractivity contribution in [1.82, 2.24) is 9.55 Å². The average molecular weight is 467 g/mol. The van der Waals surface area contributed by atoms with Crippen molar-refractivity contribution in [3.05, 3.63) is 45.5 Å². The first-order valence-corrected chi connectivity index (χ1v) is 11.9. The highest BCUT2D eigenvalue weighted by atomic mass is 19.1. The van der Waals surface area contributed by atoms with Gasteiger partial charge in [0.05, 0.1) is 12.2 Å². The molecule has 5 nitrogen and oxygen atoms in total. The van der Waals surface area contributed by atoms with Crippen LogP contribution >= 0.6 is 0 Å². The number of hydrogen-bond acceptors (Lipinski definition) is 4. The maximum atomic E-state index is 15.4. The summed E-state index contributed by atoms with van der Waals surface area (Å²) in [5, 5.41) is 0.934. The summed E-state index contributed by atoms with van der Waals surface area (Å²) < 4.78 is 29.5. The second-order valence-corrected chi connectivity index (χ2v) is 10.5. The Hall–Kier alpha value is -2.73. The van der Waals surface area contributed by atoms with Crippen molar-refractivity contribution < 1.29 is 18.7 Å². The van der Waals surface area contributed by atoms with Crippen LogP contribution in [0.4, 0.5) is 4.39 Å². The van der Waals surface area contributed by atoms with Crippen molar-refractivity contribution in [1.29, 1.82) is 0 Å². The number of halogens is 1. The Balaban J connectivity index is 2.18. The minimum absolute atomic E-state index is 0.106. The molecule has 0 saturated carbocycles. The van der Waals surface area contributed by atoms with Crippen molar-refractivity contribution in [2.75, 3.05) is 6.61 Å². The highest BCUT2D eigenvalue weighted by Gasteiger charge is 2.33. The van der Waals surface area contributed by atoms with Gasteiger partial charge in [0.1, 0.15) is 11.8 Å². The smallest absolute Gasteiger partial charge is 0.165 e. The van der Waals surface area contributed by atoms with Gasteiger partial charge in [-0.2, -0.15) is 0 Å². The maximum Gasteiger partial charge on any atom is 0.165 e. The van der Waals surface area contributed by atoms with Crippen LogP contribution in [0.1, 0.15) is 73.9 Å². The fraction of sp³-hybridized carbons (Fsp3) is 0.500. The molecule has 0 amide bonds. The van der Waals surface area contributed by atoms with E-state index in [2.05, 4.69) is 18.4 Å². The van der Waals surface area contributed by atoms with E-state index in [4.69, 9.17) is 14.5 Å². The van der Waals surface area contributed by atoms with Gasteiger partial charge in [-0.15, -0.1) is 0 Å². The molecule has 182 valence electrons. The number of pyridine rings is 1. The second kappa shape index (κ2) is 8.49. The minimum Gasteiger partial charge on any atom is -0.490 e. The summed E-state index contributed by atoms with van der Waals surface area (Å²) in [6.45, 7) is 15.9. The van der Waals surface area contributed by atoms with Crippen LogP contribution in [0.2, 0.25) is 0 Å². The van der Waals surface area contributed by atoms with Crippen molar-refractivity contribution in [2.24, 2.45) is 7.05 Å². The third kappa shape index (κ3) is 3.92. The summed E-state index contributed by atoms with van der Waals surface area (Å²) in [6, 6.07) is 1.56. The Labute approximate surface area is 201 Å². The van der Waals surface area contributed by atoms with Gasteiger partial charge < -0.3 is 14.0 Å². The number of ketones is 1. The molecular weight excluding hydrogens is 431 g/mol. The van der Waals surface area contributed by atoms with Crippen molar-refractivity contribution in [3.63, 3.8) is 0 Å². The fourth-order valence-corrected chi connectivity index (χ4v) is 5.11. The van der Waals surface area contributed by atoms with Crippen LogP contribution < -0.4 is 4.74 Å². The third-order valence-corrected chi connectivity index (χ3v) is 6.95. The van der Waals surface area contributed by atoms with E-state index in [9.17, 15) is 4.79 Å². The quantitative estimate of drug-likeness (QED) is 0.447. The first kappa shape index (κ1) is 24.4. The largest absolute Gasteiger partial charge is 0.490 e. The maximum absolute atomic E-state index is 15.4. The molecular formula is C28H35FN2O3. The molecule has 3 aromatic rings. The molecule has 3 heterocycles. The molecule has 0 fully saturated rings. The lowest BCUT2D eigenvalue weighted by Crippen LogP contribution is -2.27. The summed E-state index contributed by atoms with van der Waals surface area (Å²) in [7, 11) is 1.99. The van der Waals surface area contributed by atoms with Gasteiger partial charge in [0.15, 0.2) is 17.3 Å². The molecule has 4 rings (SSSR count). The Morgan fingerprint density at radius 2 is 1.88 bits per heavy atom. The SMILES string of the molecule is CC(=O)[C@@H](OC(C)(C)C)c1c(C)nc2c(c(C)c(C)n2C)c1-c1cc(F)c2c(c1C)CCCO2. The summed E-state index contributed by atoms with van der Waals surface area (Å²) in [4.78, 5) is 17.9. The number of hydrogen-bond donors (Lipinski definition) is 0. The monoisotopic (exact) mass is 466 g/mol. The van der Waals surface area contributed by atoms with Crippen molar-refractivity contribution in [2.45, 2.75) is 79.9 Å². The third-order valence-electron chi connectivity index (χ3n) is 6.95. The lowest BCUT2D eigenvalue weighted by molar-refractivity contribution is -0.138. The molecule has 1 aliphatic rings. The van der Waals surface area contributed by atoms with Crippen LogP contribution in [-0.4, -0.2) is 27.5 Å². The van der Waals surface area contributed by atoms with E-state index in [1.807, 2.05) is 41.7 Å². The van der Waals surface area contributed by atoms with Crippen LogP contribution in [0.25, 0.3) is 22.2 Å². The number of fused-ring (bicyclic) bond motifs is 2. The molecule has 0 aliphatic carbocycles. The first-order valence-electron chi connectivity index (χ1n) is 11.9. The van der Waals surface area contributed by atoms with E-state index >= 15 is 4.39 Å². The molecule has 0 bridgehead atoms. The number of carbonyl (C=O) groups excluding carboxylic acids is 1. The molecule has 34 heavy (non-hydrogen) atoms. The van der Waals surface area contributed by atoms with Crippen LogP contribution in [0, 0.1) is 33.5 Å². The molecule has 6 heteroatoms. The summed E-state index contributed by atoms with van der Waals surface area (Å²) in [5.41, 5.74) is 7.30. The summed E-state index contributed by atoms with van der Waals surface area (Å²) in [5.74, 6) is -0.124. The van der Waals surface area contributed by atoms with Gasteiger partial charge in [-0.3, -0.25) is 4.79 Å². The molecule has 2 aromatic heterocycles. The zero-order valence-electron chi connectivity index (χ0n) is 21.8. The second-order valence-electron chi connectivity index (χ2n) is 10.5. The van der Waals surface area contributed by atoms with Gasteiger partial charge >= 0.3 is 0 Å². The normalized spacial score (nSPS) is 14.8. The number of benzene rings is 1. The van der Waals surface area contributed by atoms with E-state index in [1.165, 1.54) is 0 Å². The lowest BCUT2D eigenvalue weighted by Gasteiger charge is -2.30. The van der Waals surface area contributed by atoms with E-state index in [-0.39, 0.29) is 11.6 Å². The van der Waals surface area contributed by atoms with Gasteiger partial charge in [-0.25, -0.2) is 9.37 Å². The summed E-state index contributed by atoms with van der Waals surface area (Å²) in [6.07, 6.45) is 0.790. The number of aryl methyl sites for hydroxylation is 3. The zero-order chi connectivity index (χ0) is 25.1. The van der Waals surface area contributed by atoms with Gasteiger partial charge in [0.2, 0.25) is 0 Å². The number of rotatable bonds is 4. The molecule has 0 N–H and O–H groups in total. The highest BCUT2D eigenvalue weighted by molar-refractivity contribution is 6.02. The van der Waals surface area contributed by atoms with Crippen LogP contribution in [0.15, 0.2) is 6.07 Å². The molecule has 0 saturated heterocycles. The standard InChI is InChI=1S/C28H35FN2O3/c1-14-17(4)31(9)27-22(14)24(20-13-21(29)26-19(15(20)2)11-10-12-33-26)23(16(3)30-27)25(18(5)32)34-28(6,7)8/h13,25H,10-12H2,1-9H3/t25-/m1/s1. The highest BCUT2D eigenvalue weighted by Crippen LogP contribution is 2.45. The predicted molar refractivity (Wildman–Crippen MR) is 133 cm³/mol.